The standard InChI is InChI=1S/C12H10N2OS/c13-7-11-6-10(3-4-14-11)8-16-9-12-2-1-5-15-12/h1-6H,8-9H2. The van der Waals surface area contributed by atoms with E-state index < -0.39 is 0 Å². The molecule has 0 saturated carbocycles. The molecule has 3 nitrogen and oxygen atoms in total. The van der Waals surface area contributed by atoms with Crippen LogP contribution in [0.2, 0.25) is 0 Å². The molecule has 0 aliphatic heterocycles. The predicted molar refractivity (Wildman–Crippen MR) is 62.7 cm³/mol. The van der Waals surface area contributed by atoms with Crippen molar-refractivity contribution in [2.75, 3.05) is 0 Å². The number of nitriles is 1. The Hall–Kier alpha value is -1.73. The maximum Gasteiger partial charge on any atom is 0.140 e. The monoisotopic (exact) mass is 230 g/mol. The van der Waals surface area contributed by atoms with Gasteiger partial charge in [0.1, 0.15) is 17.5 Å². The molecule has 2 aromatic heterocycles. The SMILES string of the molecule is N#Cc1cc(CSCc2ccco2)ccn1. The van der Waals surface area contributed by atoms with E-state index in [-0.39, 0.29) is 0 Å². The maximum atomic E-state index is 8.70. The van der Waals surface area contributed by atoms with Gasteiger partial charge in [-0.05, 0) is 29.8 Å². The second-order valence-electron chi connectivity index (χ2n) is 3.23. The minimum atomic E-state index is 0.469. The minimum Gasteiger partial charge on any atom is -0.468 e. The van der Waals surface area contributed by atoms with E-state index >= 15 is 0 Å². The van der Waals surface area contributed by atoms with E-state index in [1.165, 1.54) is 0 Å². The Kier molecular flexibility index (Phi) is 3.62. The van der Waals surface area contributed by atoms with Crippen LogP contribution >= 0.6 is 11.8 Å². The van der Waals surface area contributed by atoms with Crippen molar-refractivity contribution >= 4 is 11.8 Å². The van der Waals surface area contributed by atoms with Crippen LogP contribution in [0.15, 0.2) is 41.1 Å². The lowest BCUT2D eigenvalue weighted by Gasteiger charge is -2.00. The van der Waals surface area contributed by atoms with E-state index in [4.69, 9.17) is 9.68 Å². The molecular formula is C12H10N2OS. The van der Waals surface area contributed by atoms with Gasteiger partial charge in [-0.15, -0.1) is 11.8 Å². The van der Waals surface area contributed by atoms with Gasteiger partial charge in [0.2, 0.25) is 0 Å². The summed E-state index contributed by atoms with van der Waals surface area (Å²) in [6, 6.07) is 9.62. The zero-order valence-corrected chi connectivity index (χ0v) is 9.41. The van der Waals surface area contributed by atoms with Gasteiger partial charge in [0.25, 0.3) is 0 Å². The molecule has 0 spiro atoms. The zero-order valence-electron chi connectivity index (χ0n) is 8.59. The summed E-state index contributed by atoms with van der Waals surface area (Å²) in [5, 5.41) is 8.70. The van der Waals surface area contributed by atoms with E-state index in [0.717, 1.165) is 22.8 Å². The van der Waals surface area contributed by atoms with Crippen LogP contribution in [-0.4, -0.2) is 4.98 Å². The molecule has 0 atom stereocenters. The summed E-state index contributed by atoms with van der Waals surface area (Å²) in [6.07, 6.45) is 3.34. The molecule has 80 valence electrons. The highest BCUT2D eigenvalue weighted by Gasteiger charge is 1.99. The first-order chi connectivity index (χ1) is 7.88. The molecule has 0 unspecified atom stereocenters. The molecule has 4 heteroatoms. The lowest BCUT2D eigenvalue weighted by molar-refractivity contribution is 0.530. The van der Waals surface area contributed by atoms with Crippen LogP contribution in [0.1, 0.15) is 17.0 Å². The highest BCUT2D eigenvalue weighted by atomic mass is 32.2. The van der Waals surface area contributed by atoms with Crippen LogP contribution in [0, 0.1) is 11.3 Å². The molecule has 0 radical (unpaired) electrons. The third-order valence-electron chi connectivity index (χ3n) is 2.03. The lowest BCUT2D eigenvalue weighted by atomic mass is 10.2. The summed E-state index contributed by atoms with van der Waals surface area (Å²) in [5.74, 6) is 2.68. The Bertz CT molecular complexity index is 488. The van der Waals surface area contributed by atoms with Crippen molar-refractivity contribution in [3.63, 3.8) is 0 Å². The average Bonchev–Trinajstić information content (AvgIpc) is 2.82. The van der Waals surface area contributed by atoms with E-state index in [0.29, 0.717) is 5.69 Å². The quantitative estimate of drug-likeness (QED) is 0.810. The number of hydrogen-bond acceptors (Lipinski definition) is 4. The first-order valence-corrected chi connectivity index (χ1v) is 5.99. The summed E-state index contributed by atoms with van der Waals surface area (Å²) in [7, 11) is 0. The molecule has 2 rings (SSSR count). The Morgan fingerprint density at radius 2 is 2.31 bits per heavy atom. The molecule has 2 aromatic rings. The second kappa shape index (κ2) is 5.38. The number of hydrogen-bond donors (Lipinski definition) is 0. The number of pyridine rings is 1. The van der Waals surface area contributed by atoms with Gasteiger partial charge in [-0.2, -0.15) is 5.26 Å². The van der Waals surface area contributed by atoms with Gasteiger partial charge in [-0.3, -0.25) is 0 Å². The summed E-state index contributed by atoms with van der Waals surface area (Å²) in [6.45, 7) is 0. The van der Waals surface area contributed by atoms with Gasteiger partial charge in [0.15, 0.2) is 0 Å². The smallest absolute Gasteiger partial charge is 0.140 e. The molecule has 16 heavy (non-hydrogen) atoms. The Labute approximate surface area is 98.1 Å². The van der Waals surface area contributed by atoms with Crippen LogP contribution in [0.4, 0.5) is 0 Å². The topological polar surface area (TPSA) is 49.8 Å². The van der Waals surface area contributed by atoms with Gasteiger partial charge in [0, 0.05) is 11.9 Å². The summed E-state index contributed by atoms with van der Waals surface area (Å²) in [5.41, 5.74) is 1.58. The van der Waals surface area contributed by atoms with Crippen LogP contribution in [0.25, 0.3) is 0 Å². The number of furan rings is 1. The fraction of sp³-hybridized carbons (Fsp3) is 0.167. The first kappa shape index (κ1) is 10.8. The van der Waals surface area contributed by atoms with Crippen molar-refractivity contribution in [3.8, 4) is 6.07 Å². The molecule has 0 fully saturated rings. The summed E-state index contributed by atoms with van der Waals surface area (Å²) >= 11 is 1.75. The van der Waals surface area contributed by atoms with Crippen LogP contribution in [0.3, 0.4) is 0 Å². The molecule has 0 aliphatic carbocycles. The molecule has 0 aliphatic rings. The number of thioether (sulfide) groups is 1. The largest absolute Gasteiger partial charge is 0.468 e. The van der Waals surface area contributed by atoms with Crippen molar-refractivity contribution in [1.82, 2.24) is 4.98 Å². The van der Waals surface area contributed by atoms with Crippen LogP contribution in [0.5, 0.6) is 0 Å². The van der Waals surface area contributed by atoms with Gasteiger partial charge in [-0.1, -0.05) is 0 Å². The number of aromatic nitrogens is 1. The fourth-order valence-corrected chi connectivity index (χ4v) is 2.17. The Balaban J connectivity index is 1.88. The molecular weight excluding hydrogens is 220 g/mol. The second-order valence-corrected chi connectivity index (χ2v) is 4.22. The summed E-state index contributed by atoms with van der Waals surface area (Å²) < 4.78 is 5.23. The van der Waals surface area contributed by atoms with E-state index in [9.17, 15) is 0 Å². The molecule has 0 aromatic carbocycles. The Morgan fingerprint density at radius 1 is 1.38 bits per heavy atom. The highest BCUT2D eigenvalue weighted by molar-refractivity contribution is 7.97. The highest BCUT2D eigenvalue weighted by Crippen LogP contribution is 2.17. The van der Waals surface area contributed by atoms with Crippen molar-refractivity contribution in [2.24, 2.45) is 0 Å². The van der Waals surface area contributed by atoms with Crippen LogP contribution < -0.4 is 0 Å². The van der Waals surface area contributed by atoms with E-state index in [1.54, 1.807) is 24.2 Å². The number of nitrogens with zero attached hydrogens (tertiary/aromatic N) is 2. The molecule has 0 amide bonds. The Morgan fingerprint density at radius 3 is 3.06 bits per heavy atom. The van der Waals surface area contributed by atoms with Crippen molar-refractivity contribution in [3.05, 3.63) is 53.7 Å². The zero-order chi connectivity index (χ0) is 11.2. The third kappa shape index (κ3) is 2.88. The maximum absolute atomic E-state index is 8.70. The third-order valence-corrected chi connectivity index (χ3v) is 3.06. The normalized spacial score (nSPS) is 9.94. The predicted octanol–water partition coefficient (Wildman–Crippen LogP) is 2.98. The fourth-order valence-electron chi connectivity index (χ4n) is 1.29. The van der Waals surface area contributed by atoms with Crippen LogP contribution in [-0.2, 0) is 11.5 Å². The molecule has 0 bridgehead atoms. The van der Waals surface area contributed by atoms with Crippen molar-refractivity contribution in [1.29, 1.82) is 5.26 Å². The van der Waals surface area contributed by atoms with Gasteiger partial charge in [0.05, 0.1) is 12.0 Å². The van der Waals surface area contributed by atoms with Gasteiger partial charge >= 0.3 is 0 Å². The van der Waals surface area contributed by atoms with Crippen molar-refractivity contribution in [2.45, 2.75) is 11.5 Å². The van der Waals surface area contributed by atoms with Gasteiger partial charge in [-0.25, -0.2) is 4.98 Å². The lowest BCUT2D eigenvalue weighted by Crippen LogP contribution is -1.86. The number of rotatable bonds is 4. The van der Waals surface area contributed by atoms with Gasteiger partial charge < -0.3 is 4.42 Å². The van der Waals surface area contributed by atoms with E-state index in [2.05, 4.69) is 4.98 Å². The molecule has 0 saturated heterocycles. The average molecular weight is 230 g/mol. The van der Waals surface area contributed by atoms with Crippen molar-refractivity contribution < 1.29 is 4.42 Å². The van der Waals surface area contributed by atoms with E-state index in [1.807, 2.05) is 30.3 Å². The first-order valence-electron chi connectivity index (χ1n) is 4.83. The minimum absolute atomic E-state index is 0.469. The summed E-state index contributed by atoms with van der Waals surface area (Å²) in [4.78, 5) is 3.93. The molecule has 2 heterocycles. The molecule has 0 N–H and O–H groups in total.